The molecule has 8 nitrogen and oxygen atoms in total. The van der Waals surface area contributed by atoms with Gasteiger partial charge >= 0.3 is 5.97 Å². The molecule has 0 radical (unpaired) electrons. The Morgan fingerprint density at radius 1 is 1.17 bits per heavy atom. The molecule has 9 heteroatoms. The second-order valence-corrected chi connectivity index (χ2v) is 9.55. The fraction of sp³-hybridized carbons (Fsp3) is 0.654. The first-order chi connectivity index (χ1) is 16.5. The summed E-state index contributed by atoms with van der Waals surface area (Å²) in [5.74, 6) is -0.124. The van der Waals surface area contributed by atoms with E-state index in [1.807, 2.05) is 24.3 Å². The van der Waals surface area contributed by atoms with E-state index in [9.17, 15) is 19.5 Å². The van der Waals surface area contributed by atoms with Crippen LogP contribution in [0.15, 0.2) is 24.3 Å². The number of amides is 2. The van der Waals surface area contributed by atoms with Gasteiger partial charge in [-0.3, -0.25) is 9.59 Å². The zero-order valence-electron chi connectivity index (χ0n) is 20.7. The maximum absolute atomic E-state index is 12.9. The molecule has 35 heavy (non-hydrogen) atoms. The van der Waals surface area contributed by atoms with Crippen molar-refractivity contribution in [3.8, 4) is 5.75 Å². The molecule has 2 saturated heterocycles. The third kappa shape index (κ3) is 9.33. The zero-order valence-corrected chi connectivity index (χ0v) is 21.5. The fourth-order valence-electron chi connectivity index (χ4n) is 4.92. The van der Waals surface area contributed by atoms with Crippen LogP contribution in [0.25, 0.3) is 0 Å². The maximum Gasteiger partial charge on any atom is 0.326 e. The Hall–Kier alpha value is -2.32. The van der Waals surface area contributed by atoms with E-state index in [4.69, 9.17) is 4.74 Å². The number of methoxy groups -OCH3 is 1. The monoisotopic (exact) mass is 509 g/mol. The number of hydrogen-bond acceptors (Lipinski definition) is 5. The van der Waals surface area contributed by atoms with Gasteiger partial charge in [0.15, 0.2) is 0 Å². The molecule has 196 valence electrons. The van der Waals surface area contributed by atoms with Crippen molar-refractivity contribution in [1.29, 1.82) is 0 Å². The van der Waals surface area contributed by atoms with Crippen LogP contribution >= 0.6 is 12.4 Å². The second kappa shape index (κ2) is 14.9. The van der Waals surface area contributed by atoms with E-state index in [2.05, 4.69) is 10.6 Å². The summed E-state index contributed by atoms with van der Waals surface area (Å²) in [5, 5.41) is 15.7. The summed E-state index contributed by atoms with van der Waals surface area (Å²) in [7, 11) is 1.62. The van der Waals surface area contributed by atoms with Gasteiger partial charge in [-0.05, 0) is 88.1 Å². The molecule has 2 aliphatic rings. The summed E-state index contributed by atoms with van der Waals surface area (Å²) in [4.78, 5) is 39.1. The molecular formula is C26H40ClN3O5. The molecule has 1 aromatic carbocycles. The molecule has 0 spiro atoms. The largest absolute Gasteiger partial charge is 0.497 e. The molecule has 3 rings (SSSR count). The number of ether oxygens (including phenoxy) is 1. The van der Waals surface area contributed by atoms with Crippen molar-refractivity contribution in [1.82, 2.24) is 15.5 Å². The lowest BCUT2D eigenvalue weighted by Crippen LogP contribution is -2.49. The Morgan fingerprint density at radius 3 is 2.54 bits per heavy atom. The molecule has 2 aliphatic heterocycles. The SMILES string of the molecule is COc1ccc(CCC[C@H](NC(=O)[C@@H]2CCCN(C(=O)CCC3CCNCC3)C2)C(=O)O)cc1.Cl. The molecule has 2 fully saturated rings. The van der Waals surface area contributed by atoms with Gasteiger partial charge in [-0.25, -0.2) is 4.79 Å². The number of carbonyl (C=O) groups excluding carboxylic acids is 2. The summed E-state index contributed by atoms with van der Waals surface area (Å²) in [6.07, 6.45) is 6.86. The summed E-state index contributed by atoms with van der Waals surface area (Å²) >= 11 is 0. The molecule has 0 aromatic heterocycles. The topological polar surface area (TPSA) is 108 Å². The van der Waals surface area contributed by atoms with E-state index in [-0.39, 0.29) is 30.1 Å². The van der Waals surface area contributed by atoms with Gasteiger partial charge in [0.25, 0.3) is 0 Å². The third-order valence-corrected chi connectivity index (χ3v) is 7.10. The van der Waals surface area contributed by atoms with E-state index >= 15 is 0 Å². The molecule has 0 saturated carbocycles. The molecule has 0 bridgehead atoms. The molecule has 2 heterocycles. The van der Waals surface area contributed by atoms with Crippen LogP contribution in [0, 0.1) is 11.8 Å². The van der Waals surface area contributed by atoms with E-state index in [0.29, 0.717) is 44.7 Å². The molecule has 2 amide bonds. The van der Waals surface area contributed by atoms with Crippen LogP contribution < -0.4 is 15.4 Å². The summed E-state index contributed by atoms with van der Waals surface area (Å²) in [6, 6.07) is 6.78. The first-order valence-electron chi connectivity index (χ1n) is 12.6. The first-order valence-corrected chi connectivity index (χ1v) is 12.6. The predicted octanol–water partition coefficient (Wildman–Crippen LogP) is 3.03. The molecule has 1 aromatic rings. The normalized spacial score (nSPS) is 19.3. The second-order valence-electron chi connectivity index (χ2n) is 9.55. The Labute approximate surface area is 214 Å². The van der Waals surface area contributed by atoms with Crippen LogP contribution in [0.5, 0.6) is 5.75 Å². The van der Waals surface area contributed by atoms with Gasteiger partial charge in [0, 0.05) is 19.5 Å². The summed E-state index contributed by atoms with van der Waals surface area (Å²) in [5.41, 5.74) is 1.10. The number of carbonyl (C=O) groups is 3. The number of aryl methyl sites for hydroxylation is 1. The van der Waals surface area contributed by atoms with Gasteiger partial charge in [-0.1, -0.05) is 12.1 Å². The highest BCUT2D eigenvalue weighted by molar-refractivity contribution is 5.86. The molecular weight excluding hydrogens is 470 g/mol. The lowest BCUT2D eigenvalue weighted by Gasteiger charge is -2.33. The lowest BCUT2D eigenvalue weighted by molar-refractivity contribution is -0.144. The summed E-state index contributed by atoms with van der Waals surface area (Å²) in [6.45, 7) is 3.11. The van der Waals surface area contributed by atoms with Gasteiger partial charge in [0.05, 0.1) is 13.0 Å². The minimum absolute atomic E-state index is 0. The van der Waals surface area contributed by atoms with Crippen molar-refractivity contribution in [2.75, 3.05) is 33.3 Å². The Bertz CT molecular complexity index is 814. The van der Waals surface area contributed by atoms with Crippen molar-refractivity contribution in [3.05, 3.63) is 29.8 Å². The number of likely N-dealkylation sites (tertiary alicyclic amines) is 1. The van der Waals surface area contributed by atoms with Crippen LogP contribution in [0.2, 0.25) is 0 Å². The number of nitrogens with one attached hydrogen (secondary N) is 2. The van der Waals surface area contributed by atoms with E-state index < -0.39 is 12.0 Å². The van der Waals surface area contributed by atoms with Crippen LogP contribution in [-0.4, -0.2) is 67.1 Å². The van der Waals surface area contributed by atoms with E-state index in [0.717, 1.165) is 56.5 Å². The minimum Gasteiger partial charge on any atom is -0.497 e. The van der Waals surface area contributed by atoms with Crippen LogP contribution in [0.4, 0.5) is 0 Å². The van der Waals surface area contributed by atoms with Gasteiger partial charge in [-0.15, -0.1) is 12.4 Å². The van der Waals surface area contributed by atoms with Crippen molar-refractivity contribution in [2.24, 2.45) is 11.8 Å². The van der Waals surface area contributed by atoms with Gasteiger partial charge in [0.1, 0.15) is 11.8 Å². The highest BCUT2D eigenvalue weighted by Gasteiger charge is 2.31. The highest BCUT2D eigenvalue weighted by Crippen LogP contribution is 2.22. The third-order valence-electron chi connectivity index (χ3n) is 7.10. The molecule has 0 aliphatic carbocycles. The number of aliphatic carboxylic acids is 1. The molecule has 2 atom stereocenters. The number of hydrogen-bond donors (Lipinski definition) is 3. The smallest absolute Gasteiger partial charge is 0.326 e. The maximum atomic E-state index is 12.9. The van der Waals surface area contributed by atoms with Gasteiger partial charge in [-0.2, -0.15) is 0 Å². The Balaban J connectivity index is 0.00000432. The number of piperidine rings is 2. The van der Waals surface area contributed by atoms with Crippen molar-refractivity contribution in [2.45, 2.75) is 63.8 Å². The minimum atomic E-state index is -1.02. The zero-order chi connectivity index (χ0) is 24.3. The van der Waals surface area contributed by atoms with Crippen LogP contribution in [0.1, 0.15) is 56.9 Å². The number of rotatable bonds is 11. The van der Waals surface area contributed by atoms with Gasteiger partial charge < -0.3 is 25.4 Å². The molecule has 0 unspecified atom stereocenters. The van der Waals surface area contributed by atoms with E-state index in [1.165, 1.54) is 0 Å². The average Bonchev–Trinajstić information content (AvgIpc) is 2.87. The van der Waals surface area contributed by atoms with Crippen LogP contribution in [-0.2, 0) is 20.8 Å². The van der Waals surface area contributed by atoms with Crippen molar-refractivity contribution < 1.29 is 24.2 Å². The highest BCUT2D eigenvalue weighted by atomic mass is 35.5. The average molecular weight is 510 g/mol. The Morgan fingerprint density at radius 2 is 1.89 bits per heavy atom. The predicted molar refractivity (Wildman–Crippen MR) is 137 cm³/mol. The van der Waals surface area contributed by atoms with Crippen molar-refractivity contribution >= 4 is 30.2 Å². The summed E-state index contributed by atoms with van der Waals surface area (Å²) < 4.78 is 5.16. The number of carboxylic acid groups (broad SMARTS) is 1. The Kier molecular flexibility index (Phi) is 12.3. The lowest BCUT2D eigenvalue weighted by atomic mass is 9.92. The number of nitrogens with zero attached hydrogens (tertiary/aromatic N) is 1. The quantitative estimate of drug-likeness (QED) is 0.423. The number of benzene rings is 1. The molecule has 3 N–H and O–H groups in total. The van der Waals surface area contributed by atoms with Gasteiger partial charge in [0.2, 0.25) is 11.8 Å². The van der Waals surface area contributed by atoms with Crippen molar-refractivity contribution in [3.63, 3.8) is 0 Å². The number of carboxylic acids is 1. The first kappa shape index (κ1) is 28.9. The van der Waals surface area contributed by atoms with E-state index in [1.54, 1.807) is 12.0 Å². The standard InChI is InChI=1S/C26H39N3O5.ClH/c1-34-22-10-7-19(8-11-22)4-2-6-23(26(32)33)28-25(31)21-5-3-17-29(18-21)24(30)12-9-20-13-15-27-16-14-20;/h7-8,10-11,20-21,23,27H,2-6,9,12-18H2,1H3,(H,28,31)(H,32,33);1H/t21-,23+;/m1./s1. The number of halogens is 1. The van der Waals surface area contributed by atoms with Crippen LogP contribution in [0.3, 0.4) is 0 Å². The fourth-order valence-corrected chi connectivity index (χ4v) is 4.92.